The summed E-state index contributed by atoms with van der Waals surface area (Å²) in [5, 5.41) is 7.21. The Bertz CT molecular complexity index is 634. The minimum absolute atomic E-state index is 0.0560. The third-order valence-electron chi connectivity index (χ3n) is 4.88. The van der Waals surface area contributed by atoms with Gasteiger partial charge in [0.25, 0.3) is 0 Å². The maximum Gasteiger partial charge on any atom is 0.240 e. The van der Waals surface area contributed by atoms with Crippen molar-refractivity contribution in [3.05, 3.63) is 29.8 Å². The number of carbonyl (C=O) groups is 2. The van der Waals surface area contributed by atoms with Gasteiger partial charge in [-0.3, -0.25) is 9.59 Å². The summed E-state index contributed by atoms with van der Waals surface area (Å²) >= 11 is 0. The highest BCUT2D eigenvalue weighted by Gasteiger charge is 2.21. The van der Waals surface area contributed by atoms with Gasteiger partial charge in [0.2, 0.25) is 11.8 Å². The molecule has 142 valence electrons. The van der Waals surface area contributed by atoms with Gasteiger partial charge in [-0.25, -0.2) is 5.43 Å². The highest BCUT2D eigenvalue weighted by atomic mass is 16.2. The molecule has 0 aromatic heterocycles. The maximum absolute atomic E-state index is 12.4. The van der Waals surface area contributed by atoms with Crippen molar-refractivity contribution in [3.8, 4) is 0 Å². The lowest BCUT2D eigenvalue weighted by Gasteiger charge is -2.20. The van der Waals surface area contributed by atoms with E-state index in [0.29, 0.717) is 6.42 Å². The molecule has 0 aliphatic heterocycles. The first-order chi connectivity index (χ1) is 12.6. The lowest BCUT2D eigenvalue weighted by Crippen LogP contribution is -2.24. The van der Waals surface area contributed by atoms with Gasteiger partial charge < -0.3 is 5.32 Å². The normalized spacial score (nSPS) is 15.5. The van der Waals surface area contributed by atoms with E-state index in [2.05, 4.69) is 22.8 Å². The summed E-state index contributed by atoms with van der Waals surface area (Å²) in [5.41, 5.74) is 5.01. The van der Waals surface area contributed by atoms with Crippen LogP contribution in [0.15, 0.2) is 29.4 Å². The highest BCUT2D eigenvalue weighted by Crippen LogP contribution is 2.25. The van der Waals surface area contributed by atoms with Crippen LogP contribution in [0.3, 0.4) is 0 Å². The molecular weight excluding hydrogens is 326 g/mol. The zero-order valence-electron chi connectivity index (χ0n) is 16.0. The molecule has 1 aliphatic carbocycles. The van der Waals surface area contributed by atoms with Crippen LogP contribution in [0, 0.1) is 5.92 Å². The molecule has 0 unspecified atom stereocenters. The fraction of sp³-hybridized carbons (Fsp3) is 0.571. The molecule has 0 radical (unpaired) electrons. The molecule has 1 aromatic carbocycles. The summed E-state index contributed by atoms with van der Waals surface area (Å²) in [7, 11) is 0. The molecule has 1 fully saturated rings. The number of amides is 2. The molecule has 1 aliphatic rings. The van der Waals surface area contributed by atoms with Crippen molar-refractivity contribution in [2.24, 2.45) is 11.0 Å². The first-order valence-corrected chi connectivity index (χ1v) is 9.84. The Kier molecular flexibility index (Phi) is 8.32. The Morgan fingerprint density at radius 1 is 1.15 bits per heavy atom. The average Bonchev–Trinajstić information content (AvgIpc) is 2.67. The van der Waals surface area contributed by atoms with Crippen molar-refractivity contribution < 1.29 is 9.59 Å². The van der Waals surface area contributed by atoms with Crippen molar-refractivity contribution in [3.63, 3.8) is 0 Å². The molecule has 1 saturated carbocycles. The van der Waals surface area contributed by atoms with Gasteiger partial charge in [0.1, 0.15) is 0 Å². The van der Waals surface area contributed by atoms with Crippen LogP contribution >= 0.6 is 0 Å². The van der Waals surface area contributed by atoms with Gasteiger partial charge in [0.15, 0.2) is 0 Å². The monoisotopic (exact) mass is 357 g/mol. The number of unbranched alkanes of at least 4 members (excludes halogenated alkanes) is 2. The predicted molar refractivity (Wildman–Crippen MR) is 106 cm³/mol. The minimum Gasteiger partial charge on any atom is -0.326 e. The van der Waals surface area contributed by atoms with Gasteiger partial charge in [-0.15, -0.1) is 0 Å². The van der Waals surface area contributed by atoms with E-state index in [4.69, 9.17) is 0 Å². The molecule has 0 heterocycles. The SMILES string of the molecule is CCCCCC(=O)NN=C(C)c1cccc(NC(=O)C2CCCCC2)c1. The topological polar surface area (TPSA) is 70.6 Å². The number of anilines is 1. The van der Waals surface area contributed by atoms with Gasteiger partial charge in [-0.2, -0.15) is 5.10 Å². The van der Waals surface area contributed by atoms with E-state index >= 15 is 0 Å². The van der Waals surface area contributed by atoms with Gasteiger partial charge in [-0.1, -0.05) is 51.2 Å². The van der Waals surface area contributed by atoms with Crippen LogP contribution in [-0.2, 0) is 9.59 Å². The van der Waals surface area contributed by atoms with Gasteiger partial charge in [0, 0.05) is 18.0 Å². The molecule has 0 saturated heterocycles. The Balaban J connectivity index is 1.91. The van der Waals surface area contributed by atoms with Crippen LogP contribution in [0.2, 0.25) is 0 Å². The second-order valence-electron chi connectivity index (χ2n) is 7.09. The molecule has 5 heteroatoms. The van der Waals surface area contributed by atoms with Crippen molar-refractivity contribution >= 4 is 23.2 Å². The van der Waals surface area contributed by atoms with Gasteiger partial charge in [0.05, 0.1) is 5.71 Å². The predicted octanol–water partition coefficient (Wildman–Crippen LogP) is 4.63. The zero-order chi connectivity index (χ0) is 18.8. The largest absolute Gasteiger partial charge is 0.326 e. The van der Waals surface area contributed by atoms with Crippen molar-refractivity contribution in [2.75, 3.05) is 5.32 Å². The number of rotatable bonds is 8. The molecule has 2 amide bonds. The molecule has 0 bridgehead atoms. The first kappa shape index (κ1) is 20.1. The summed E-state index contributed by atoms with van der Waals surface area (Å²) in [5.74, 6) is 0.185. The Morgan fingerprint density at radius 2 is 1.92 bits per heavy atom. The molecule has 1 aromatic rings. The number of nitrogens with one attached hydrogen (secondary N) is 2. The summed E-state index contributed by atoms with van der Waals surface area (Å²) in [6.45, 7) is 3.97. The summed E-state index contributed by atoms with van der Waals surface area (Å²) in [4.78, 5) is 24.2. The van der Waals surface area contributed by atoms with E-state index in [0.717, 1.165) is 61.9 Å². The van der Waals surface area contributed by atoms with Gasteiger partial charge in [-0.05, 0) is 43.9 Å². The number of nitrogens with zero attached hydrogens (tertiary/aromatic N) is 1. The van der Waals surface area contributed by atoms with Crippen LogP contribution in [0.5, 0.6) is 0 Å². The smallest absolute Gasteiger partial charge is 0.240 e. The molecular formula is C21H31N3O2. The summed E-state index contributed by atoms with van der Waals surface area (Å²) < 4.78 is 0. The van der Waals surface area contributed by atoms with E-state index < -0.39 is 0 Å². The number of hydrazone groups is 1. The number of benzene rings is 1. The van der Waals surface area contributed by atoms with Gasteiger partial charge >= 0.3 is 0 Å². The molecule has 5 nitrogen and oxygen atoms in total. The Morgan fingerprint density at radius 3 is 2.65 bits per heavy atom. The van der Waals surface area contributed by atoms with E-state index in [9.17, 15) is 9.59 Å². The Labute approximate surface area is 156 Å². The fourth-order valence-corrected chi connectivity index (χ4v) is 3.23. The van der Waals surface area contributed by atoms with Crippen LogP contribution < -0.4 is 10.7 Å². The maximum atomic E-state index is 12.4. The van der Waals surface area contributed by atoms with E-state index in [-0.39, 0.29) is 17.7 Å². The quantitative estimate of drug-likeness (QED) is 0.405. The molecule has 26 heavy (non-hydrogen) atoms. The fourth-order valence-electron chi connectivity index (χ4n) is 3.23. The lowest BCUT2D eigenvalue weighted by molar-refractivity contribution is -0.121. The minimum atomic E-state index is -0.0560. The van der Waals surface area contributed by atoms with E-state index in [1.54, 1.807) is 0 Å². The second kappa shape index (κ2) is 10.7. The number of hydrogen-bond acceptors (Lipinski definition) is 3. The third-order valence-corrected chi connectivity index (χ3v) is 4.88. The molecule has 0 spiro atoms. The molecule has 0 atom stereocenters. The van der Waals surface area contributed by atoms with Crippen molar-refractivity contribution in [1.29, 1.82) is 0 Å². The van der Waals surface area contributed by atoms with Crippen molar-refractivity contribution in [2.45, 2.75) is 71.6 Å². The number of carbonyl (C=O) groups excluding carboxylic acids is 2. The summed E-state index contributed by atoms with van der Waals surface area (Å²) in [6, 6.07) is 7.62. The van der Waals surface area contributed by atoms with Crippen molar-refractivity contribution in [1.82, 2.24) is 5.43 Å². The van der Waals surface area contributed by atoms with E-state index in [1.165, 1.54) is 6.42 Å². The lowest BCUT2D eigenvalue weighted by atomic mass is 9.88. The first-order valence-electron chi connectivity index (χ1n) is 9.84. The van der Waals surface area contributed by atoms with Crippen LogP contribution in [0.25, 0.3) is 0 Å². The molecule has 2 rings (SSSR count). The average molecular weight is 357 g/mol. The Hall–Kier alpha value is -2.17. The summed E-state index contributed by atoms with van der Waals surface area (Å²) in [6.07, 6.45) is 9.02. The second-order valence-corrected chi connectivity index (χ2v) is 7.09. The van der Waals surface area contributed by atoms with Crippen LogP contribution in [0.1, 0.15) is 77.2 Å². The zero-order valence-corrected chi connectivity index (χ0v) is 16.0. The van der Waals surface area contributed by atoms with E-state index in [1.807, 2.05) is 31.2 Å². The highest BCUT2D eigenvalue weighted by molar-refractivity contribution is 6.01. The standard InChI is InChI=1S/C21H31N3O2/c1-3-4-6-14-20(25)24-23-16(2)18-12-9-13-19(15-18)22-21(26)17-10-7-5-8-11-17/h9,12-13,15,17H,3-8,10-11,14H2,1-2H3,(H,22,26)(H,24,25). The third kappa shape index (κ3) is 6.62. The van der Waals surface area contributed by atoms with Crippen LogP contribution in [-0.4, -0.2) is 17.5 Å². The van der Waals surface area contributed by atoms with Crippen LogP contribution in [0.4, 0.5) is 5.69 Å². The molecule has 2 N–H and O–H groups in total. The number of hydrogen-bond donors (Lipinski definition) is 2.